The summed E-state index contributed by atoms with van der Waals surface area (Å²) in [6.07, 6.45) is 3.67. The van der Waals surface area contributed by atoms with Crippen molar-refractivity contribution >= 4 is 46.3 Å². The van der Waals surface area contributed by atoms with Gasteiger partial charge in [-0.2, -0.15) is 0 Å². The van der Waals surface area contributed by atoms with E-state index in [9.17, 15) is 9.59 Å². The highest BCUT2D eigenvalue weighted by atomic mass is 35.5. The molecule has 0 N–H and O–H groups in total. The van der Waals surface area contributed by atoms with Gasteiger partial charge in [0.1, 0.15) is 0 Å². The van der Waals surface area contributed by atoms with Crippen LogP contribution in [0.1, 0.15) is 11.3 Å². The molecule has 0 spiro atoms. The molecule has 3 aromatic rings. The van der Waals surface area contributed by atoms with Crippen molar-refractivity contribution in [1.29, 1.82) is 0 Å². The number of thioether (sulfide) groups is 1. The SMILES string of the molecule is Cc1ccc(-n2cccc2/C=C2/SC(=O)N(c3cccc(Cl)c3)C2=O)cc1. The van der Waals surface area contributed by atoms with Gasteiger partial charge in [-0.15, -0.1) is 0 Å². The average Bonchev–Trinajstić information content (AvgIpc) is 3.20. The van der Waals surface area contributed by atoms with Gasteiger partial charge >= 0.3 is 0 Å². The summed E-state index contributed by atoms with van der Waals surface area (Å²) in [5, 5.41) is 0.144. The van der Waals surface area contributed by atoms with E-state index < -0.39 is 0 Å². The van der Waals surface area contributed by atoms with Crippen LogP contribution in [0.5, 0.6) is 0 Å². The second kappa shape index (κ2) is 7.10. The lowest BCUT2D eigenvalue weighted by Crippen LogP contribution is -2.27. The number of rotatable bonds is 3. The largest absolute Gasteiger partial charge is 0.317 e. The van der Waals surface area contributed by atoms with Crippen molar-refractivity contribution in [3.8, 4) is 5.69 Å². The van der Waals surface area contributed by atoms with Gasteiger partial charge in [0.25, 0.3) is 11.1 Å². The van der Waals surface area contributed by atoms with Crippen molar-refractivity contribution in [1.82, 2.24) is 4.57 Å². The first-order valence-corrected chi connectivity index (χ1v) is 9.50. The van der Waals surface area contributed by atoms with Crippen molar-refractivity contribution in [2.45, 2.75) is 6.92 Å². The minimum Gasteiger partial charge on any atom is -0.317 e. The minimum absolute atomic E-state index is 0.332. The Morgan fingerprint density at radius 3 is 2.48 bits per heavy atom. The Bertz CT molecular complexity index is 1070. The number of anilines is 1. The highest BCUT2D eigenvalue weighted by molar-refractivity contribution is 8.19. The number of halogens is 1. The lowest BCUT2D eigenvalue weighted by Gasteiger charge is -2.12. The molecule has 2 amide bonds. The Kier molecular flexibility index (Phi) is 4.64. The standard InChI is InChI=1S/C21H15ClN2O2S/c1-14-7-9-16(10-8-14)23-11-3-6-17(23)13-19-20(25)24(21(26)27-19)18-5-2-4-15(22)12-18/h2-13H,1H3/b19-13+. The van der Waals surface area contributed by atoms with E-state index in [1.165, 1.54) is 5.56 Å². The molecular weight excluding hydrogens is 380 g/mol. The van der Waals surface area contributed by atoms with Crippen LogP contribution in [0.3, 0.4) is 0 Å². The van der Waals surface area contributed by atoms with E-state index in [-0.39, 0.29) is 11.1 Å². The fraction of sp³-hybridized carbons (Fsp3) is 0.0476. The topological polar surface area (TPSA) is 42.3 Å². The minimum atomic E-state index is -0.344. The molecule has 1 aliphatic heterocycles. The van der Waals surface area contributed by atoms with E-state index in [2.05, 4.69) is 0 Å². The van der Waals surface area contributed by atoms with E-state index in [4.69, 9.17) is 11.6 Å². The van der Waals surface area contributed by atoms with Crippen LogP contribution in [0.15, 0.2) is 71.8 Å². The number of carbonyl (C=O) groups excluding carboxylic acids is 2. The number of hydrogen-bond donors (Lipinski definition) is 0. The predicted octanol–water partition coefficient (Wildman–Crippen LogP) is 5.68. The van der Waals surface area contributed by atoms with Crippen molar-refractivity contribution < 1.29 is 9.59 Å². The van der Waals surface area contributed by atoms with Gasteiger partial charge in [0.05, 0.1) is 10.6 Å². The normalized spacial score (nSPS) is 15.8. The number of aromatic nitrogens is 1. The third kappa shape index (κ3) is 3.44. The molecule has 1 aliphatic rings. The van der Waals surface area contributed by atoms with Gasteiger partial charge in [-0.05, 0) is 67.2 Å². The van der Waals surface area contributed by atoms with Crippen molar-refractivity contribution in [2.75, 3.05) is 4.90 Å². The summed E-state index contributed by atoms with van der Waals surface area (Å²) < 4.78 is 1.98. The van der Waals surface area contributed by atoms with Crippen LogP contribution >= 0.6 is 23.4 Å². The zero-order chi connectivity index (χ0) is 19.0. The third-order valence-corrected chi connectivity index (χ3v) is 5.34. The average molecular weight is 395 g/mol. The van der Waals surface area contributed by atoms with Gasteiger partial charge < -0.3 is 4.57 Å². The monoisotopic (exact) mass is 394 g/mol. The second-order valence-electron chi connectivity index (χ2n) is 6.14. The fourth-order valence-corrected chi connectivity index (χ4v) is 3.90. The maximum absolute atomic E-state index is 12.8. The quantitative estimate of drug-likeness (QED) is 0.536. The first-order chi connectivity index (χ1) is 13.0. The third-order valence-electron chi connectivity index (χ3n) is 4.23. The molecule has 27 heavy (non-hydrogen) atoms. The Labute approximate surface area is 166 Å². The smallest absolute Gasteiger partial charge is 0.298 e. The van der Waals surface area contributed by atoms with Crippen LogP contribution < -0.4 is 4.90 Å². The van der Waals surface area contributed by atoms with Gasteiger partial charge in [0, 0.05) is 22.6 Å². The summed E-state index contributed by atoms with van der Waals surface area (Å²) in [4.78, 5) is 26.8. The van der Waals surface area contributed by atoms with Crippen LogP contribution in [0.25, 0.3) is 11.8 Å². The second-order valence-corrected chi connectivity index (χ2v) is 7.57. The number of amides is 2. The molecule has 4 nitrogen and oxygen atoms in total. The lowest BCUT2D eigenvalue weighted by molar-refractivity contribution is -0.113. The highest BCUT2D eigenvalue weighted by Crippen LogP contribution is 2.36. The predicted molar refractivity (Wildman–Crippen MR) is 110 cm³/mol. The molecular formula is C21H15ClN2O2S. The molecule has 2 heterocycles. The molecule has 1 fully saturated rings. The zero-order valence-corrected chi connectivity index (χ0v) is 16.0. The van der Waals surface area contributed by atoms with Crippen LogP contribution in [0.2, 0.25) is 5.02 Å². The van der Waals surface area contributed by atoms with E-state index in [0.29, 0.717) is 15.6 Å². The van der Waals surface area contributed by atoms with Crippen molar-refractivity contribution in [2.24, 2.45) is 0 Å². The molecule has 0 atom stereocenters. The van der Waals surface area contributed by atoms with Crippen LogP contribution in [-0.4, -0.2) is 15.7 Å². The maximum atomic E-state index is 12.8. The van der Waals surface area contributed by atoms with E-state index in [1.54, 1.807) is 30.3 Å². The summed E-state index contributed by atoms with van der Waals surface area (Å²) >= 11 is 6.93. The Balaban J connectivity index is 1.68. The molecule has 0 bridgehead atoms. The summed E-state index contributed by atoms with van der Waals surface area (Å²) in [6.45, 7) is 2.03. The van der Waals surface area contributed by atoms with Gasteiger partial charge in [-0.3, -0.25) is 9.59 Å². The molecule has 0 radical (unpaired) electrons. The van der Waals surface area contributed by atoms with Crippen LogP contribution in [0, 0.1) is 6.92 Å². The van der Waals surface area contributed by atoms with E-state index >= 15 is 0 Å². The zero-order valence-electron chi connectivity index (χ0n) is 14.4. The van der Waals surface area contributed by atoms with Crippen molar-refractivity contribution in [3.05, 3.63) is 88.0 Å². The Morgan fingerprint density at radius 1 is 0.963 bits per heavy atom. The number of benzene rings is 2. The molecule has 4 rings (SSSR count). The summed E-state index contributed by atoms with van der Waals surface area (Å²) in [7, 11) is 0. The summed E-state index contributed by atoms with van der Waals surface area (Å²) in [5.74, 6) is -0.344. The molecule has 2 aromatic carbocycles. The highest BCUT2D eigenvalue weighted by Gasteiger charge is 2.36. The van der Waals surface area contributed by atoms with Gasteiger partial charge in [0.15, 0.2) is 0 Å². The molecule has 1 aromatic heterocycles. The molecule has 0 saturated carbocycles. The van der Waals surface area contributed by atoms with E-state index in [1.807, 2.05) is 54.1 Å². The maximum Gasteiger partial charge on any atom is 0.298 e. The molecule has 0 aliphatic carbocycles. The molecule has 0 unspecified atom stereocenters. The first-order valence-electron chi connectivity index (χ1n) is 8.31. The van der Waals surface area contributed by atoms with Gasteiger partial charge in [-0.25, -0.2) is 4.90 Å². The van der Waals surface area contributed by atoms with Crippen LogP contribution in [-0.2, 0) is 4.79 Å². The number of hydrogen-bond acceptors (Lipinski definition) is 3. The first kappa shape index (κ1) is 17.6. The van der Waals surface area contributed by atoms with E-state index in [0.717, 1.165) is 28.0 Å². The molecule has 6 heteroatoms. The number of aryl methyl sites for hydroxylation is 1. The van der Waals surface area contributed by atoms with Crippen molar-refractivity contribution in [3.63, 3.8) is 0 Å². The molecule has 134 valence electrons. The summed E-state index contributed by atoms with van der Waals surface area (Å²) in [6, 6.07) is 18.6. The van der Waals surface area contributed by atoms with Gasteiger partial charge in [-0.1, -0.05) is 35.4 Å². The van der Waals surface area contributed by atoms with Crippen LogP contribution in [0.4, 0.5) is 10.5 Å². The fourth-order valence-electron chi connectivity index (χ4n) is 2.89. The number of nitrogens with zero attached hydrogens (tertiary/aromatic N) is 2. The number of imide groups is 1. The number of carbonyl (C=O) groups is 2. The Hall–Kier alpha value is -2.76. The Morgan fingerprint density at radius 2 is 1.74 bits per heavy atom. The summed E-state index contributed by atoms with van der Waals surface area (Å²) in [5.41, 5.74) is 3.47. The van der Waals surface area contributed by atoms with Gasteiger partial charge in [0.2, 0.25) is 0 Å². The lowest BCUT2D eigenvalue weighted by atomic mass is 10.2. The molecule has 1 saturated heterocycles.